The van der Waals surface area contributed by atoms with Gasteiger partial charge in [-0.15, -0.1) is 0 Å². The molecule has 2 aromatic rings. The van der Waals surface area contributed by atoms with E-state index in [0.717, 1.165) is 0 Å². The van der Waals surface area contributed by atoms with Gasteiger partial charge in [0.2, 0.25) is 0 Å². The van der Waals surface area contributed by atoms with Crippen molar-refractivity contribution in [2.45, 2.75) is 13.8 Å². The zero-order chi connectivity index (χ0) is 23.3. The second-order valence-electron chi connectivity index (χ2n) is 6.55. The SMILES string of the molecule is CCOC(=O)C(C(=O)OCC)=C1CN=C(c2ccccc2Cl)c2cc([N+](=O)[O-])ccc2N1. The van der Waals surface area contributed by atoms with E-state index < -0.39 is 16.9 Å². The number of nitrogens with one attached hydrogen (secondary N) is 1. The molecule has 0 radical (unpaired) electrons. The molecule has 166 valence electrons. The third kappa shape index (κ3) is 4.78. The van der Waals surface area contributed by atoms with Crippen LogP contribution in [-0.2, 0) is 19.1 Å². The number of rotatable bonds is 6. The van der Waals surface area contributed by atoms with E-state index in [9.17, 15) is 19.7 Å². The summed E-state index contributed by atoms with van der Waals surface area (Å²) in [6, 6.07) is 11.1. The minimum Gasteiger partial charge on any atom is -0.462 e. The molecular weight excluding hydrogens is 438 g/mol. The van der Waals surface area contributed by atoms with Gasteiger partial charge in [-0.3, -0.25) is 15.1 Å². The lowest BCUT2D eigenvalue weighted by Gasteiger charge is -2.14. The van der Waals surface area contributed by atoms with Crippen molar-refractivity contribution in [1.29, 1.82) is 0 Å². The van der Waals surface area contributed by atoms with Crippen molar-refractivity contribution in [2.75, 3.05) is 25.1 Å². The number of ether oxygens (including phenoxy) is 2. The number of non-ortho nitro benzene ring substituents is 1. The first-order chi connectivity index (χ1) is 15.4. The fourth-order valence-electron chi connectivity index (χ4n) is 3.16. The van der Waals surface area contributed by atoms with Crippen LogP contribution in [0.15, 0.2) is 58.7 Å². The summed E-state index contributed by atoms with van der Waals surface area (Å²) < 4.78 is 10.1. The van der Waals surface area contributed by atoms with Crippen molar-refractivity contribution in [3.63, 3.8) is 0 Å². The summed E-state index contributed by atoms with van der Waals surface area (Å²) in [7, 11) is 0. The van der Waals surface area contributed by atoms with Crippen LogP contribution < -0.4 is 5.32 Å². The van der Waals surface area contributed by atoms with Gasteiger partial charge in [0, 0.05) is 34.0 Å². The molecule has 1 aliphatic rings. The van der Waals surface area contributed by atoms with Gasteiger partial charge in [-0.25, -0.2) is 9.59 Å². The molecule has 2 aromatic carbocycles. The highest BCUT2D eigenvalue weighted by Crippen LogP contribution is 2.31. The van der Waals surface area contributed by atoms with Crippen molar-refractivity contribution in [3.8, 4) is 0 Å². The minimum absolute atomic E-state index is 0.0614. The van der Waals surface area contributed by atoms with Gasteiger partial charge in [-0.05, 0) is 26.0 Å². The largest absolute Gasteiger partial charge is 0.462 e. The van der Waals surface area contributed by atoms with Crippen molar-refractivity contribution < 1.29 is 24.0 Å². The summed E-state index contributed by atoms with van der Waals surface area (Å²) >= 11 is 6.37. The number of nitro groups is 1. The van der Waals surface area contributed by atoms with Crippen molar-refractivity contribution >= 4 is 40.6 Å². The maximum absolute atomic E-state index is 12.6. The molecule has 32 heavy (non-hydrogen) atoms. The van der Waals surface area contributed by atoms with Gasteiger partial charge in [-0.1, -0.05) is 29.8 Å². The van der Waals surface area contributed by atoms with E-state index in [-0.39, 0.29) is 36.7 Å². The molecule has 0 saturated heterocycles. The first kappa shape index (κ1) is 23.0. The smallest absolute Gasteiger partial charge is 0.347 e. The number of nitrogens with zero attached hydrogens (tertiary/aromatic N) is 2. The Labute approximate surface area is 188 Å². The average Bonchev–Trinajstić information content (AvgIpc) is 2.93. The molecule has 1 N–H and O–H groups in total. The van der Waals surface area contributed by atoms with E-state index in [0.29, 0.717) is 27.5 Å². The topological polar surface area (TPSA) is 120 Å². The van der Waals surface area contributed by atoms with Crippen LogP contribution in [0.25, 0.3) is 0 Å². The van der Waals surface area contributed by atoms with Crippen molar-refractivity contribution in [3.05, 3.63) is 80.0 Å². The van der Waals surface area contributed by atoms with Crippen LogP contribution in [0.4, 0.5) is 11.4 Å². The van der Waals surface area contributed by atoms with Crippen molar-refractivity contribution in [2.24, 2.45) is 4.99 Å². The number of benzene rings is 2. The lowest BCUT2D eigenvalue weighted by molar-refractivity contribution is -0.384. The number of anilines is 1. The van der Waals surface area contributed by atoms with E-state index in [1.54, 1.807) is 38.1 Å². The number of benzodiazepines with no additional fused rings is 1. The number of esters is 2. The Morgan fingerprint density at radius 2 is 1.75 bits per heavy atom. The monoisotopic (exact) mass is 457 g/mol. The number of hydrogen-bond donors (Lipinski definition) is 1. The van der Waals surface area contributed by atoms with Gasteiger partial charge in [0.05, 0.1) is 36.1 Å². The molecular formula is C22H20ClN3O6. The highest BCUT2D eigenvalue weighted by molar-refractivity contribution is 6.36. The number of hydrogen-bond acceptors (Lipinski definition) is 8. The molecule has 9 nitrogen and oxygen atoms in total. The Balaban J connectivity index is 2.24. The maximum Gasteiger partial charge on any atom is 0.347 e. The number of carbonyl (C=O) groups excluding carboxylic acids is 2. The summed E-state index contributed by atoms with van der Waals surface area (Å²) in [5.74, 6) is -1.71. The van der Waals surface area contributed by atoms with E-state index in [1.807, 2.05) is 0 Å². The Bertz CT molecular complexity index is 1120. The van der Waals surface area contributed by atoms with Gasteiger partial charge < -0.3 is 14.8 Å². The number of aliphatic imine (C=N–C) groups is 1. The first-order valence-corrected chi connectivity index (χ1v) is 10.2. The fraction of sp³-hybridized carbons (Fsp3) is 0.227. The van der Waals surface area contributed by atoms with Gasteiger partial charge in [-0.2, -0.15) is 0 Å². The molecule has 0 aliphatic carbocycles. The van der Waals surface area contributed by atoms with Crippen LogP contribution in [0.5, 0.6) is 0 Å². The summed E-state index contributed by atoms with van der Waals surface area (Å²) in [6.45, 7) is 3.25. The second kappa shape index (κ2) is 10.1. The zero-order valence-corrected chi connectivity index (χ0v) is 18.1. The number of nitro benzene ring substituents is 1. The summed E-state index contributed by atoms with van der Waals surface area (Å²) in [6.07, 6.45) is 0. The molecule has 10 heteroatoms. The molecule has 3 rings (SSSR count). The Morgan fingerprint density at radius 3 is 2.34 bits per heavy atom. The van der Waals surface area contributed by atoms with E-state index >= 15 is 0 Å². The van der Waals surface area contributed by atoms with Crippen LogP contribution in [0.3, 0.4) is 0 Å². The van der Waals surface area contributed by atoms with Gasteiger partial charge in [0.1, 0.15) is 0 Å². The maximum atomic E-state index is 12.6. The van der Waals surface area contributed by atoms with Crippen LogP contribution in [0.2, 0.25) is 5.02 Å². The van der Waals surface area contributed by atoms with Gasteiger partial charge >= 0.3 is 11.9 Å². The van der Waals surface area contributed by atoms with Crippen LogP contribution in [-0.4, -0.2) is 42.3 Å². The Hall–Kier alpha value is -3.72. The fourth-order valence-corrected chi connectivity index (χ4v) is 3.38. The van der Waals surface area contributed by atoms with Gasteiger partial charge in [0.25, 0.3) is 5.69 Å². The first-order valence-electron chi connectivity index (χ1n) is 9.79. The number of fused-ring (bicyclic) bond motifs is 1. The average molecular weight is 458 g/mol. The molecule has 0 aromatic heterocycles. The molecule has 1 aliphatic heterocycles. The quantitative estimate of drug-likeness (QED) is 0.174. The normalized spacial score (nSPS) is 12.6. The summed E-state index contributed by atoms with van der Waals surface area (Å²) in [5, 5.41) is 14.8. The van der Waals surface area contributed by atoms with Crippen LogP contribution in [0, 0.1) is 10.1 Å². The van der Waals surface area contributed by atoms with E-state index in [1.165, 1.54) is 18.2 Å². The predicted molar refractivity (Wildman–Crippen MR) is 119 cm³/mol. The Morgan fingerprint density at radius 1 is 1.09 bits per heavy atom. The molecule has 1 heterocycles. The minimum atomic E-state index is -0.853. The molecule has 0 bridgehead atoms. The predicted octanol–water partition coefficient (Wildman–Crippen LogP) is 3.89. The lowest BCUT2D eigenvalue weighted by atomic mass is 10.00. The Kier molecular flexibility index (Phi) is 7.21. The number of halogens is 1. The zero-order valence-electron chi connectivity index (χ0n) is 17.4. The molecule has 0 fully saturated rings. The van der Waals surface area contributed by atoms with Gasteiger partial charge in [0.15, 0.2) is 5.57 Å². The standard InChI is InChI=1S/C22H20ClN3O6/c1-3-31-21(27)19(22(28)32-4-2)18-12-24-20(14-7-5-6-8-16(14)23)15-11-13(26(29)30)9-10-17(15)25-18/h5-11,25H,3-4,12H2,1-2H3. The molecule has 0 atom stereocenters. The highest BCUT2D eigenvalue weighted by Gasteiger charge is 2.29. The molecule has 0 saturated carbocycles. The van der Waals surface area contributed by atoms with Crippen LogP contribution >= 0.6 is 11.6 Å². The molecule has 0 unspecified atom stereocenters. The molecule has 0 spiro atoms. The van der Waals surface area contributed by atoms with E-state index in [4.69, 9.17) is 21.1 Å². The van der Waals surface area contributed by atoms with E-state index in [2.05, 4.69) is 10.3 Å². The summed E-state index contributed by atoms with van der Waals surface area (Å²) in [5.41, 5.74) is 1.42. The highest BCUT2D eigenvalue weighted by atomic mass is 35.5. The third-order valence-electron chi connectivity index (χ3n) is 4.54. The number of carbonyl (C=O) groups is 2. The van der Waals surface area contributed by atoms with Crippen molar-refractivity contribution in [1.82, 2.24) is 0 Å². The lowest BCUT2D eigenvalue weighted by Crippen LogP contribution is -2.23. The van der Waals surface area contributed by atoms with Crippen LogP contribution in [0.1, 0.15) is 25.0 Å². The second-order valence-corrected chi connectivity index (χ2v) is 6.96. The third-order valence-corrected chi connectivity index (χ3v) is 4.87. The summed E-state index contributed by atoms with van der Waals surface area (Å²) in [4.78, 5) is 40.5. The molecule has 0 amide bonds.